The Labute approximate surface area is 228 Å². The molecule has 1 saturated heterocycles. The zero-order valence-electron chi connectivity index (χ0n) is 22.4. The first kappa shape index (κ1) is 30.1. The summed E-state index contributed by atoms with van der Waals surface area (Å²) < 4.78 is 10.7. The van der Waals surface area contributed by atoms with Gasteiger partial charge in [-0.05, 0) is 49.1 Å². The molecule has 208 valence electrons. The third-order valence-corrected chi connectivity index (χ3v) is 8.20. The average Bonchev–Trinajstić information content (AvgIpc) is 3.19. The Morgan fingerprint density at radius 2 is 1.95 bits per heavy atom. The van der Waals surface area contributed by atoms with Crippen molar-refractivity contribution in [3.05, 3.63) is 47.5 Å². The van der Waals surface area contributed by atoms with E-state index in [2.05, 4.69) is 24.0 Å². The summed E-state index contributed by atoms with van der Waals surface area (Å²) >= 11 is 6.65. The zero-order valence-corrected chi connectivity index (χ0v) is 23.2. The molecule has 0 amide bonds. The van der Waals surface area contributed by atoms with Crippen LogP contribution in [0.5, 0.6) is 0 Å². The molecule has 2 N–H and O–H groups in total. The first-order valence-corrected chi connectivity index (χ1v) is 14.6. The topological polar surface area (TPSA) is 79.2 Å². The van der Waals surface area contributed by atoms with E-state index in [0.29, 0.717) is 19.4 Å². The van der Waals surface area contributed by atoms with Gasteiger partial charge in [-0.1, -0.05) is 62.6 Å². The number of benzene rings is 1. The second-order valence-corrected chi connectivity index (χ2v) is 11.0. The van der Waals surface area contributed by atoms with Gasteiger partial charge in [0, 0.05) is 37.4 Å². The van der Waals surface area contributed by atoms with E-state index in [0.717, 1.165) is 88.9 Å². The van der Waals surface area contributed by atoms with E-state index < -0.39 is 12.2 Å². The molecule has 6 nitrogen and oxygen atoms in total. The molecular formula is C30H46ClNO5. The van der Waals surface area contributed by atoms with Gasteiger partial charge in [0.1, 0.15) is 6.61 Å². The first-order valence-electron chi connectivity index (χ1n) is 14.2. The minimum atomic E-state index is -0.464. The van der Waals surface area contributed by atoms with Gasteiger partial charge >= 0.3 is 5.97 Å². The number of morpholine rings is 1. The quantitative estimate of drug-likeness (QED) is 0.136. The van der Waals surface area contributed by atoms with Crippen LogP contribution in [0.3, 0.4) is 0 Å². The highest BCUT2D eigenvalue weighted by Crippen LogP contribution is 2.45. The molecule has 5 atom stereocenters. The summed E-state index contributed by atoms with van der Waals surface area (Å²) in [4.78, 5) is 14.2. The molecule has 1 heterocycles. The van der Waals surface area contributed by atoms with E-state index in [1.54, 1.807) is 0 Å². The van der Waals surface area contributed by atoms with Crippen molar-refractivity contribution in [1.82, 2.24) is 4.90 Å². The van der Waals surface area contributed by atoms with Crippen molar-refractivity contribution in [1.29, 1.82) is 0 Å². The number of unbranched alkanes of at least 4 members (excludes halogenated alkanes) is 3. The van der Waals surface area contributed by atoms with E-state index in [1.165, 1.54) is 0 Å². The molecular weight excluding hydrogens is 490 g/mol. The summed E-state index contributed by atoms with van der Waals surface area (Å²) in [5.74, 6) is -0.00124. The molecule has 0 spiro atoms. The number of rotatable bonds is 15. The van der Waals surface area contributed by atoms with Gasteiger partial charge in [0.05, 0.1) is 25.4 Å². The van der Waals surface area contributed by atoms with E-state index in [1.807, 2.05) is 24.3 Å². The molecule has 0 radical (unpaired) electrons. The number of ether oxygens (including phenoxy) is 2. The van der Waals surface area contributed by atoms with Gasteiger partial charge in [0.25, 0.3) is 0 Å². The highest BCUT2D eigenvalue weighted by molar-refractivity contribution is 6.21. The first-order chi connectivity index (χ1) is 18.0. The number of aliphatic hydroxyl groups excluding tert-OH is 2. The van der Waals surface area contributed by atoms with Crippen LogP contribution in [0.4, 0.5) is 0 Å². The van der Waals surface area contributed by atoms with Crippen LogP contribution in [-0.4, -0.2) is 72.0 Å². The van der Waals surface area contributed by atoms with Crippen molar-refractivity contribution >= 4 is 17.6 Å². The summed E-state index contributed by atoms with van der Waals surface area (Å²) in [6.45, 7) is 6.68. The predicted octanol–water partition coefficient (Wildman–Crippen LogP) is 5.36. The number of carbonyl (C=O) groups excluding carboxylic acids is 1. The number of hydrogen-bond acceptors (Lipinski definition) is 6. The maximum atomic E-state index is 12.0. The largest absolute Gasteiger partial charge is 0.464 e. The van der Waals surface area contributed by atoms with E-state index >= 15 is 0 Å². The van der Waals surface area contributed by atoms with Gasteiger partial charge in [0.15, 0.2) is 0 Å². The fraction of sp³-hybridized carbons (Fsp3) is 0.700. The summed E-state index contributed by atoms with van der Waals surface area (Å²) in [5, 5.41) is 21.1. The molecule has 7 heteroatoms. The molecule has 2 fully saturated rings. The third-order valence-electron chi connectivity index (χ3n) is 7.70. The lowest BCUT2D eigenvalue weighted by molar-refractivity contribution is -0.144. The van der Waals surface area contributed by atoms with E-state index in [4.69, 9.17) is 21.1 Å². The van der Waals surface area contributed by atoms with Gasteiger partial charge < -0.3 is 19.7 Å². The maximum absolute atomic E-state index is 12.0. The lowest BCUT2D eigenvalue weighted by Gasteiger charge is -2.26. The number of nitrogens with zero attached hydrogens (tertiary/aromatic N) is 1. The van der Waals surface area contributed by atoms with Crippen LogP contribution in [0.2, 0.25) is 0 Å². The minimum absolute atomic E-state index is 0.0140. The highest BCUT2D eigenvalue weighted by Gasteiger charge is 2.41. The number of halogens is 1. The van der Waals surface area contributed by atoms with E-state index in [9.17, 15) is 15.0 Å². The molecule has 1 aromatic rings. The fourth-order valence-electron chi connectivity index (χ4n) is 5.44. The Hall–Kier alpha value is -1.44. The number of hydrogen-bond donors (Lipinski definition) is 2. The number of aliphatic hydroxyl groups is 2. The van der Waals surface area contributed by atoms with Gasteiger partial charge in [-0.15, -0.1) is 11.6 Å². The van der Waals surface area contributed by atoms with Crippen LogP contribution in [-0.2, 0) is 14.3 Å². The molecule has 0 bridgehead atoms. The van der Waals surface area contributed by atoms with Crippen molar-refractivity contribution in [2.75, 3.05) is 39.5 Å². The van der Waals surface area contributed by atoms with Crippen molar-refractivity contribution in [2.45, 2.75) is 88.2 Å². The number of allylic oxidation sites excluding steroid dienone is 2. The third kappa shape index (κ3) is 9.99. The van der Waals surface area contributed by atoms with Crippen molar-refractivity contribution in [3.8, 4) is 0 Å². The lowest BCUT2D eigenvalue weighted by atomic mass is 9.84. The van der Waals surface area contributed by atoms with Gasteiger partial charge in [-0.25, -0.2) is 0 Å². The second-order valence-electron chi connectivity index (χ2n) is 10.5. The summed E-state index contributed by atoms with van der Waals surface area (Å²) in [6, 6.07) is 8.07. The van der Waals surface area contributed by atoms with Crippen LogP contribution in [0.15, 0.2) is 36.4 Å². The van der Waals surface area contributed by atoms with Crippen LogP contribution in [0.25, 0.3) is 0 Å². The molecule has 1 aliphatic carbocycles. The number of alkyl halides is 1. The van der Waals surface area contributed by atoms with E-state index in [-0.39, 0.29) is 23.2 Å². The maximum Gasteiger partial charge on any atom is 0.305 e. The predicted molar refractivity (Wildman–Crippen MR) is 148 cm³/mol. The molecule has 1 saturated carbocycles. The van der Waals surface area contributed by atoms with Crippen molar-refractivity contribution in [3.63, 3.8) is 0 Å². The molecule has 2 aliphatic rings. The van der Waals surface area contributed by atoms with Crippen LogP contribution in [0, 0.1) is 5.92 Å². The fourth-order valence-corrected chi connectivity index (χ4v) is 5.88. The number of esters is 1. The second kappa shape index (κ2) is 16.5. The standard InChI is InChI=1S/C30H46ClNO5/c1-2-3-6-10-27(33)23-12-14-24(15-13-23)30-25(26(31)22-28(30)34)9-7-4-5-8-11-29(35)37-21-18-32-16-19-36-20-17-32/h4,7,12-15,25-28,30,33-34H,2-3,5-6,8-11,16-22H2,1H3/b7-4-/t25-,26+,27?,28?,30+/m0/s1. The minimum Gasteiger partial charge on any atom is -0.464 e. The smallest absolute Gasteiger partial charge is 0.305 e. The number of carbonyl (C=O) groups is 1. The van der Waals surface area contributed by atoms with Crippen molar-refractivity contribution < 1.29 is 24.5 Å². The SMILES string of the molecule is CCCCCC(O)c1ccc([C@H]2C(O)C[C@@H](Cl)[C@@H]2C/C=C\CCCC(=O)OCCN2CCOCC2)cc1. The van der Waals surface area contributed by atoms with Gasteiger partial charge in [0.2, 0.25) is 0 Å². The molecule has 37 heavy (non-hydrogen) atoms. The van der Waals surface area contributed by atoms with Gasteiger partial charge in [-0.2, -0.15) is 0 Å². The highest BCUT2D eigenvalue weighted by atomic mass is 35.5. The summed E-state index contributed by atoms with van der Waals surface area (Å²) in [7, 11) is 0. The Morgan fingerprint density at radius 1 is 1.19 bits per heavy atom. The Morgan fingerprint density at radius 3 is 2.68 bits per heavy atom. The summed E-state index contributed by atoms with van der Waals surface area (Å²) in [6.07, 6.45) is 10.8. The van der Waals surface area contributed by atoms with Gasteiger partial charge in [-0.3, -0.25) is 9.69 Å². The Balaban J connectivity index is 1.38. The lowest BCUT2D eigenvalue weighted by Crippen LogP contribution is -2.38. The molecule has 2 unspecified atom stereocenters. The van der Waals surface area contributed by atoms with Crippen LogP contribution < -0.4 is 0 Å². The Bertz CT molecular complexity index is 811. The average molecular weight is 536 g/mol. The zero-order chi connectivity index (χ0) is 26.5. The van der Waals surface area contributed by atoms with Crippen LogP contribution in [0.1, 0.15) is 87.9 Å². The Kier molecular flexibility index (Phi) is 13.4. The molecule has 1 aliphatic heterocycles. The monoisotopic (exact) mass is 535 g/mol. The van der Waals surface area contributed by atoms with Crippen LogP contribution >= 0.6 is 11.6 Å². The normalized spacial score (nSPS) is 25.5. The molecule has 1 aromatic carbocycles. The summed E-state index contributed by atoms with van der Waals surface area (Å²) in [5.41, 5.74) is 2.02. The molecule has 0 aromatic heterocycles. The molecule has 3 rings (SSSR count). The van der Waals surface area contributed by atoms with Crippen molar-refractivity contribution in [2.24, 2.45) is 5.92 Å².